The topological polar surface area (TPSA) is 89.5 Å². The van der Waals surface area contributed by atoms with E-state index in [0.717, 1.165) is 17.5 Å². The summed E-state index contributed by atoms with van der Waals surface area (Å²) in [5.41, 5.74) is 2.18. The average Bonchev–Trinajstić information content (AvgIpc) is 2.52. The lowest BCUT2D eigenvalue weighted by Gasteiger charge is -2.05. The van der Waals surface area contributed by atoms with Gasteiger partial charge >= 0.3 is 5.97 Å². The molecule has 0 spiro atoms. The fraction of sp³-hybridized carbons (Fsp3) is 0.176. The summed E-state index contributed by atoms with van der Waals surface area (Å²) in [6.45, 7) is 0.356. The van der Waals surface area contributed by atoms with E-state index in [1.807, 2.05) is 60.7 Å². The van der Waals surface area contributed by atoms with E-state index in [1.54, 1.807) is 0 Å². The van der Waals surface area contributed by atoms with Crippen molar-refractivity contribution in [3.63, 3.8) is 0 Å². The Morgan fingerprint density at radius 1 is 0.818 bits per heavy atom. The van der Waals surface area contributed by atoms with Gasteiger partial charge in [-0.15, -0.1) is 0 Å². The van der Waals surface area contributed by atoms with Crippen LogP contribution in [0.25, 0.3) is 0 Å². The van der Waals surface area contributed by atoms with Gasteiger partial charge in [0.25, 0.3) is 0 Å². The molecule has 0 bridgehead atoms. The third kappa shape index (κ3) is 8.37. The monoisotopic (exact) mass is 300 g/mol. The Bertz CT molecular complexity index is 517. The SMILES string of the molecule is O=C(CCc1ccccc1)OCc1ccccc1.O=C([O-])[O-]. The first-order chi connectivity index (χ1) is 10.6. The fourth-order valence-corrected chi connectivity index (χ4v) is 1.70. The molecule has 0 fully saturated rings. The van der Waals surface area contributed by atoms with Crippen molar-refractivity contribution in [3.8, 4) is 0 Å². The minimum absolute atomic E-state index is 0.150. The molecule has 5 nitrogen and oxygen atoms in total. The molecule has 0 aliphatic carbocycles. The first kappa shape index (κ1) is 17.2. The molecule has 0 saturated carbocycles. The second-order valence-corrected chi connectivity index (χ2v) is 4.38. The highest BCUT2D eigenvalue weighted by molar-refractivity contribution is 5.69. The van der Waals surface area contributed by atoms with Crippen molar-refractivity contribution in [2.45, 2.75) is 19.4 Å². The van der Waals surface area contributed by atoms with Gasteiger partial charge in [-0.05, 0) is 23.7 Å². The maximum Gasteiger partial charge on any atom is 0.306 e. The normalized spacial score (nSPS) is 9.27. The number of aryl methyl sites for hydroxylation is 1. The zero-order chi connectivity index (χ0) is 16.2. The molecule has 0 amide bonds. The van der Waals surface area contributed by atoms with E-state index in [2.05, 4.69) is 0 Å². The molecular weight excluding hydrogens is 284 g/mol. The average molecular weight is 300 g/mol. The lowest BCUT2D eigenvalue weighted by molar-refractivity contribution is -0.415. The highest BCUT2D eigenvalue weighted by Gasteiger charge is 2.03. The Hall–Kier alpha value is -2.82. The van der Waals surface area contributed by atoms with Gasteiger partial charge < -0.3 is 19.7 Å². The lowest BCUT2D eigenvalue weighted by Crippen LogP contribution is -2.37. The van der Waals surface area contributed by atoms with Crippen LogP contribution in [0.15, 0.2) is 60.7 Å². The number of carboxylic acid groups (broad SMARTS) is 2. The lowest BCUT2D eigenvalue weighted by atomic mass is 10.1. The summed E-state index contributed by atoms with van der Waals surface area (Å²) >= 11 is 0. The molecule has 0 aliphatic rings. The molecule has 0 atom stereocenters. The van der Waals surface area contributed by atoms with Gasteiger partial charge in [0, 0.05) is 6.42 Å². The number of ether oxygens (including phenoxy) is 1. The van der Waals surface area contributed by atoms with Gasteiger partial charge in [0.15, 0.2) is 0 Å². The van der Waals surface area contributed by atoms with Gasteiger partial charge in [-0.3, -0.25) is 4.79 Å². The van der Waals surface area contributed by atoms with E-state index in [4.69, 9.17) is 19.7 Å². The molecule has 0 aromatic heterocycles. The minimum Gasteiger partial charge on any atom is -0.652 e. The Balaban J connectivity index is 0.000000541. The summed E-state index contributed by atoms with van der Waals surface area (Å²) in [5, 5.41) is 16.7. The van der Waals surface area contributed by atoms with Crippen molar-refractivity contribution >= 4 is 12.1 Å². The summed E-state index contributed by atoms with van der Waals surface area (Å²) in [6, 6.07) is 19.7. The van der Waals surface area contributed by atoms with Crippen LogP contribution in [0, 0.1) is 0 Å². The predicted octanol–water partition coefficient (Wildman–Crippen LogP) is 0.916. The highest BCUT2D eigenvalue weighted by atomic mass is 16.6. The van der Waals surface area contributed by atoms with E-state index in [-0.39, 0.29) is 5.97 Å². The zero-order valence-electron chi connectivity index (χ0n) is 11.9. The van der Waals surface area contributed by atoms with Crippen molar-refractivity contribution in [2.75, 3.05) is 0 Å². The molecule has 5 heteroatoms. The van der Waals surface area contributed by atoms with Crippen LogP contribution >= 0.6 is 0 Å². The van der Waals surface area contributed by atoms with Crippen molar-refractivity contribution < 1.29 is 24.5 Å². The van der Waals surface area contributed by atoms with E-state index >= 15 is 0 Å². The first-order valence-corrected chi connectivity index (χ1v) is 6.69. The molecule has 2 rings (SSSR count). The molecular formula is C17H16O5-2. The molecule has 2 aromatic carbocycles. The van der Waals surface area contributed by atoms with Crippen LogP contribution in [0.4, 0.5) is 4.79 Å². The van der Waals surface area contributed by atoms with Crippen molar-refractivity contribution in [1.29, 1.82) is 0 Å². The van der Waals surface area contributed by atoms with Crippen molar-refractivity contribution in [3.05, 3.63) is 71.8 Å². The van der Waals surface area contributed by atoms with Crippen LogP contribution in [0.3, 0.4) is 0 Å². The van der Waals surface area contributed by atoms with Crippen LogP contribution in [-0.4, -0.2) is 12.1 Å². The molecule has 0 saturated heterocycles. The summed E-state index contributed by atoms with van der Waals surface area (Å²) < 4.78 is 5.21. The molecule has 0 radical (unpaired) electrons. The van der Waals surface area contributed by atoms with Gasteiger partial charge in [-0.1, -0.05) is 60.7 Å². The molecule has 0 unspecified atom stereocenters. The van der Waals surface area contributed by atoms with Gasteiger partial charge in [0.2, 0.25) is 0 Å². The Labute approximate surface area is 128 Å². The molecule has 116 valence electrons. The molecule has 22 heavy (non-hydrogen) atoms. The number of benzene rings is 2. The fourth-order valence-electron chi connectivity index (χ4n) is 1.70. The smallest absolute Gasteiger partial charge is 0.306 e. The van der Waals surface area contributed by atoms with Gasteiger partial charge in [0.05, 0.1) is 0 Å². The maximum atomic E-state index is 11.6. The van der Waals surface area contributed by atoms with Crippen LogP contribution in [-0.2, 0) is 22.6 Å². The Kier molecular flexibility index (Phi) is 7.82. The minimum atomic E-state index is -2.33. The third-order valence-electron chi connectivity index (χ3n) is 2.70. The summed E-state index contributed by atoms with van der Waals surface area (Å²) in [5.74, 6) is -0.150. The molecule has 2 aromatic rings. The van der Waals surface area contributed by atoms with Gasteiger partial charge in [0.1, 0.15) is 6.61 Å². The van der Waals surface area contributed by atoms with E-state index < -0.39 is 6.16 Å². The van der Waals surface area contributed by atoms with E-state index in [1.165, 1.54) is 0 Å². The summed E-state index contributed by atoms with van der Waals surface area (Å²) in [4.78, 5) is 19.9. The van der Waals surface area contributed by atoms with Gasteiger partial charge in [-0.25, -0.2) is 0 Å². The second kappa shape index (κ2) is 9.99. The highest BCUT2D eigenvalue weighted by Crippen LogP contribution is 2.05. The summed E-state index contributed by atoms with van der Waals surface area (Å²) in [7, 11) is 0. The Morgan fingerprint density at radius 2 is 1.27 bits per heavy atom. The van der Waals surface area contributed by atoms with Gasteiger partial charge in [-0.2, -0.15) is 0 Å². The van der Waals surface area contributed by atoms with E-state index in [9.17, 15) is 4.79 Å². The standard InChI is InChI=1S/C16H16O2.CH2O3/c17-16(12-11-14-7-3-1-4-8-14)18-13-15-9-5-2-6-10-15;2-1(3)4/h1-10H,11-13H2;(H2,2,3,4)/p-2. The van der Waals surface area contributed by atoms with Crippen molar-refractivity contribution in [1.82, 2.24) is 0 Å². The third-order valence-corrected chi connectivity index (χ3v) is 2.70. The quantitative estimate of drug-likeness (QED) is 0.766. The second-order valence-electron chi connectivity index (χ2n) is 4.38. The number of hydrogen-bond donors (Lipinski definition) is 0. The molecule has 0 aliphatic heterocycles. The van der Waals surface area contributed by atoms with Crippen LogP contribution in [0.5, 0.6) is 0 Å². The number of carbonyl (C=O) groups excluding carboxylic acids is 2. The van der Waals surface area contributed by atoms with E-state index in [0.29, 0.717) is 13.0 Å². The number of rotatable bonds is 5. The predicted molar refractivity (Wildman–Crippen MR) is 76.4 cm³/mol. The summed E-state index contributed by atoms with van der Waals surface area (Å²) in [6.07, 6.45) is -1.18. The largest absolute Gasteiger partial charge is 0.652 e. The molecule has 0 N–H and O–H groups in total. The Morgan fingerprint density at radius 3 is 1.77 bits per heavy atom. The van der Waals surface area contributed by atoms with Crippen LogP contribution in [0.1, 0.15) is 17.5 Å². The van der Waals surface area contributed by atoms with Crippen LogP contribution < -0.4 is 10.2 Å². The number of esters is 1. The van der Waals surface area contributed by atoms with Crippen molar-refractivity contribution in [2.24, 2.45) is 0 Å². The number of hydrogen-bond acceptors (Lipinski definition) is 5. The first-order valence-electron chi connectivity index (χ1n) is 6.69. The number of carbonyl (C=O) groups is 2. The van der Waals surface area contributed by atoms with Crippen LogP contribution in [0.2, 0.25) is 0 Å². The maximum absolute atomic E-state index is 11.6. The zero-order valence-corrected chi connectivity index (χ0v) is 11.9. The molecule has 0 heterocycles.